The van der Waals surface area contributed by atoms with Gasteiger partial charge in [-0.3, -0.25) is 4.79 Å². The Hall–Kier alpha value is -1.36. The maximum absolute atomic E-state index is 12.0. The fourth-order valence-corrected chi connectivity index (χ4v) is 1.78. The number of hydrogen-bond donors (Lipinski definition) is 1. The van der Waals surface area contributed by atoms with E-state index in [1.165, 1.54) is 0 Å². The van der Waals surface area contributed by atoms with E-state index >= 15 is 0 Å². The second kappa shape index (κ2) is 6.39. The number of likely N-dealkylation sites (N-methyl/N-ethyl adjacent to an activating group) is 1. The number of hydrogen-bond acceptors (Lipinski definition) is 4. The van der Waals surface area contributed by atoms with Gasteiger partial charge < -0.3 is 10.2 Å². The fraction of sp³-hybridized carbons (Fsp3) is 0.643. The molecule has 0 aromatic carbocycles. The van der Waals surface area contributed by atoms with Crippen LogP contribution in [0.1, 0.15) is 40.4 Å². The Kier molecular flexibility index (Phi) is 5.34. The number of halogens is 1. The zero-order valence-electron chi connectivity index (χ0n) is 13.0. The molecule has 1 N–H and O–H groups in total. The summed E-state index contributed by atoms with van der Waals surface area (Å²) in [5, 5.41) is 3.45. The molecule has 1 amide bonds. The Labute approximate surface area is 125 Å². The average Bonchev–Trinajstić information content (AvgIpc) is 2.35. The van der Waals surface area contributed by atoms with Crippen LogP contribution >= 0.6 is 11.6 Å². The van der Waals surface area contributed by atoms with Gasteiger partial charge in [-0.15, -0.1) is 0 Å². The molecule has 6 heteroatoms. The second-order valence-electron chi connectivity index (χ2n) is 5.87. The highest BCUT2D eigenvalue weighted by atomic mass is 35.5. The Morgan fingerprint density at radius 2 is 2.05 bits per heavy atom. The van der Waals surface area contributed by atoms with Crippen molar-refractivity contribution in [2.24, 2.45) is 0 Å². The van der Waals surface area contributed by atoms with E-state index in [0.717, 1.165) is 0 Å². The largest absolute Gasteiger partial charge is 0.358 e. The van der Waals surface area contributed by atoms with E-state index in [4.69, 9.17) is 11.6 Å². The lowest BCUT2D eigenvalue weighted by atomic mass is 9.96. The molecule has 0 radical (unpaired) electrons. The van der Waals surface area contributed by atoms with Crippen LogP contribution in [0, 0.1) is 0 Å². The van der Waals surface area contributed by atoms with Gasteiger partial charge in [0.25, 0.3) is 0 Å². The molecule has 112 valence electrons. The number of carbonyl (C=O) groups is 1. The molecule has 1 heterocycles. The molecule has 1 unspecified atom stereocenters. The van der Waals surface area contributed by atoms with E-state index in [-0.39, 0.29) is 17.4 Å². The lowest BCUT2D eigenvalue weighted by Gasteiger charge is -2.22. The van der Waals surface area contributed by atoms with Crippen LogP contribution in [0.15, 0.2) is 6.07 Å². The van der Waals surface area contributed by atoms with Crippen LogP contribution in [0.3, 0.4) is 0 Å². The fourth-order valence-electron chi connectivity index (χ4n) is 1.60. The summed E-state index contributed by atoms with van der Waals surface area (Å²) in [7, 11) is 1.77. The molecule has 0 saturated heterocycles. The van der Waals surface area contributed by atoms with Crippen molar-refractivity contribution in [2.75, 3.05) is 18.9 Å². The Morgan fingerprint density at radius 1 is 1.45 bits per heavy atom. The van der Waals surface area contributed by atoms with Gasteiger partial charge in [-0.2, -0.15) is 0 Å². The van der Waals surface area contributed by atoms with Gasteiger partial charge in [-0.1, -0.05) is 32.4 Å². The van der Waals surface area contributed by atoms with Crippen molar-refractivity contribution in [3.05, 3.63) is 17.0 Å². The zero-order valence-corrected chi connectivity index (χ0v) is 13.7. The SMILES string of the molecule is CCN(C)C(=O)C(C)Nc1cc(Cl)nc(C(C)(C)C)n1. The van der Waals surface area contributed by atoms with Crippen LogP contribution in [-0.2, 0) is 10.2 Å². The predicted molar refractivity (Wildman–Crippen MR) is 82.1 cm³/mol. The maximum Gasteiger partial charge on any atom is 0.244 e. The van der Waals surface area contributed by atoms with E-state index in [1.807, 2.05) is 27.7 Å². The summed E-state index contributed by atoms with van der Waals surface area (Å²) in [6.45, 7) is 10.5. The highest BCUT2D eigenvalue weighted by Gasteiger charge is 2.21. The maximum atomic E-state index is 12.0. The van der Waals surface area contributed by atoms with Crippen LogP contribution in [0.4, 0.5) is 5.82 Å². The molecule has 0 saturated carbocycles. The third-order valence-electron chi connectivity index (χ3n) is 2.95. The third-order valence-corrected chi connectivity index (χ3v) is 3.14. The number of rotatable bonds is 4. The molecule has 1 rings (SSSR count). The van der Waals surface area contributed by atoms with E-state index in [0.29, 0.717) is 23.3 Å². The number of amides is 1. The summed E-state index contributed by atoms with van der Waals surface area (Å²) in [6.07, 6.45) is 0. The Bertz CT molecular complexity index is 485. The van der Waals surface area contributed by atoms with Crippen LogP contribution in [0.2, 0.25) is 5.15 Å². The molecule has 1 aromatic rings. The van der Waals surface area contributed by atoms with E-state index in [2.05, 4.69) is 15.3 Å². The van der Waals surface area contributed by atoms with Crippen molar-refractivity contribution in [1.29, 1.82) is 0 Å². The van der Waals surface area contributed by atoms with Gasteiger partial charge in [0.2, 0.25) is 5.91 Å². The minimum absolute atomic E-state index is 0.0135. The normalized spacial score (nSPS) is 12.9. The van der Waals surface area contributed by atoms with Gasteiger partial charge in [0.15, 0.2) is 0 Å². The Morgan fingerprint density at radius 3 is 2.55 bits per heavy atom. The molecule has 1 atom stereocenters. The summed E-state index contributed by atoms with van der Waals surface area (Å²) >= 11 is 6.02. The predicted octanol–water partition coefficient (Wildman–Crippen LogP) is 2.71. The smallest absolute Gasteiger partial charge is 0.244 e. The molecule has 0 aliphatic heterocycles. The van der Waals surface area contributed by atoms with Gasteiger partial charge in [0, 0.05) is 25.1 Å². The molecule has 1 aromatic heterocycles. The van der Waals surface area contributed by atoms with Gasteiger partial charge in [-0.05, 0) is 13.8 Å². The van der Waals surface area contributed by atoms with Crippen LogP contribution in [0.5, 0.6) is 0 Å². The van der Waals surface area contributed by atoms with Crippen LogP contribution < -0.4 is 5.32 Å². The van der Waals surface area contributed by atoms with Crippen molar-refractivity contribution < 1.29 is 4.79 Å². The highest BCUT2D eigenvalue weighted by Crippen LogP contribution is 2.22. The topological polar surface area (TPSA) is 58.1 Å². The van der Waals surface area contributed by atoms with Gasteiger partial charge in [0.05, 0.1) is 0 Å². The van der Waals surface area contributed by atoms with Gasteiger partial charge in [-0.25, -0.2) is 9.97 Å². The Balaban J connectivity index is 2.93. The molecular weight excluding hydrogens is 276 g/mol. The summed E-state index contributed by atoms with van der Waals surface area (Å²) in [5.41, 5.74) is -0.200. The highest BCUT2D eigenvalue weighted by molar-refractivity contribution is 6.29. The van der Waals surface area contributed by atoms with Gasteiger partial charge >= 0.3 is 0 Å². The molecule has 0 aliphatic rings. The number of aromatic nitrogens is 2. The summed E-state index contributed by atoms with van der Waals surface area (Å²) < 4.78 is 0. The molecule has 0 fully saturated rings. The first-order valence-electron chi connectivity index (χ1n) is 6.71. The third kappa shape index (κ3) is 4.34. The van der Waals surface area contributed by atoms with Crippen molar-refractivity contribution >= 4 is 23.3 Å². The molecule has 0 aliphatic carbocycles. The van der Waals surface area contributed by atoms with Crippen LogP contribution in [0.25, 0.3) is 0 Å². The van der Waals surface area contributed by atoms with E-state index in [9.17, 15) is 4.79 Å². The first kappa shape index (κ1) is 16.7. The van der Waals surface area contributed by atoms with E-state index in [1.54, 1.807) is 24.9 Å². The quantitative estimate of drug-likeness (QED) is 0.868. The monoisotopic (exact) mass is 298 g/mol. The standard InChI is InChI=1S/C14H23ClN4O/c1-7-19(6)12(20)9(2)16-11-8-10(15)17-13(18-11)14(3,4)5/h8-9H,7H2,1-6H3,(H,16,17,18). The lowest BCUT2D eigenvalue weighted by Crippen LogP contribution is -2.39. The number of nitrogens with one attached hydrogen (secondary N) is 1. The molecule has 20 heavy (non-hydrogen) atoms. The van der Waals surface area contributed by atoms with Crippen molar-refractivity contribution in [2.45, 2.75) is 46.1 Å². The molecular formula is C14H23ClN4O. The lowest BCUT2D eigenvalue weighted by molar-refractivity contribution is -0.130. The first-order chi connectivity index (χ1) is 9.15. The minimum Gasteiger partial charge on any atom is -0.358 e. The second-order valence-corrected chi connectivity index (χ2v) is 6.26. The number of nitrogens with zero attached hydrogens (tertiary/aromatic N) is 3. The summed E-state index contributed by atoms with van der Waals surface area (Å²) in [6, 6.07) is 1.27. The average molecular weight is 299 g/mol. The molecule has 5 nitrogen and oxygen atoms in total. The first-order valence-corrected chi connectivity index (χ1v) is 7.09. The number of anilines is 1. The summed E-state index contributed by atoms with van der Waals surface area (Å²) in [4.78, 5) is 22.4. The molecule has 0 spiro atoms. The van der Waals surface area contributed by atoms with Crippen molar-refractivity contribution in [3.63, 3.8) is 0 Å². The van der Waals surface area contributed by atoms with Crippen molar-refractivity contribution in [1.82, 2.24) is 14.9 Å². The van der Waals surface area contributed by atoms with Gasteiger partial charge in [0.1, 0.15) is 22.8 Å². The van der Waals surface area contributed by atoms with E-state index < -0.39 is 0 Å². The van der Waals surface area contributed by atoms with Crippen LogP contribution in [-0.4, -0.2) is 40.4 Å². The minimum atomic E-state index is -0.362. The molecule has 0 bridgehead atoms. The number of carbonyl (C=O) groups excluding carboxylic acids is 1. The van der Waals surface area contributed by atoms with Crippen molar-refractivity contribution in [3.8, 4) is 0 Å². The zero-order chi connectivity index (χ0) is 15.5. The summed E-state index contributed by atoms with van der Waals surface area (Å²) in [5.74, 6) is 1.23.